The van der Waals surface area contributed by atoms with Crippen LogP contribution in [-0.2, 0) is 38.1 Å². The Hall–Kier alpha value is -4.08. The number of ether oxygens (including phenoxy) is 6. The first kappa shape index (κ1) is 36.6. The Balaban J connectivity index is 1.09. The maximum Gasteiger partial charge on any atom is 0.321 e. The van der Waals surface area contributed by atoms with Crippen molar-refractivity contribution in [2.45, 2.75) is 94.9 Å². The molecule has 1 heterocycles. The van der Waals surface area contributed by atoms with Gasteiger partial charge in [-0.15, -0.1) is 0 Å². The molecule has 8 aliphatic carbocycles. The topological polar surface area (TPSA) is 124 Å². The number of hydrogen-bond donors (Lipinski definition) is 0. The molecule has 0 spiro atoms. The summed E-state index contributed by atoms with van der Waals surface area (Å²) in [5.41, 5.74) is 1.39. The fourth-order valence-corrected chi connectivity index (χ4v) is 13.0. The molecule has 9 fully saturated rings. The Morgan fingerprint density at radius 2 is 1.07 bits per heavy atom. The summed E-state index contributed by atoms with van der Waals surface area (Å²) in [6.45, 7) is 0. The van der Waals surface area contributed by atoms with Crippen LogP contribution in [0.2, 0.25) is 0 Å². The largest absolute Gasteiger partial charge is 0.497 e. The molecule has 4 atom stereocenters. The minimum absolute atomic E-state index is 0.0357. The van der Waals surface area contributed by atoms with Gasteiger partial charge in [-0.25, -0.2) is 0 Å². The second-order valence-corrected chi connectivity index (χ2v) is 18.0. The number of benzene rings is 2. The number of carbonyl (C=O) groups is 4. The fraction of sp³-hybridized carbons (Fsp3) is 0.644. The van der Waals surface area contributed by atoms with Crippen molar-refractivity contribution in [1.29, 1.82) is 0 Å². The van der Waals surface area contributed by atoms with Gasteiger partial charge in [0.15, 0.2) is 11.8 Å². The number of rotatable bonds is 12. The summed E-state index contributed by atoms with van der Waals surface area (Å²) >= 11 is 0. The van der Waals surface area contributed by atoms with Crippen LogP contribution in [0.5, 0.6) is 11.5 Å². The third-order valence-electron chi connectivity index (χ3n) is 15.0. The van der Waals surface area contributed by atoms with E-state index >= 15 is 0 Å². The molecular formula is C45H54O10. The summed E-state index contributed by atoms with van der Waals surface area (Å²) < 4.78 is 35.3. The number of carbonyl (C=O) groups excluding carboxylic acids is 4. The molecule has 2 aromatic carbocycles. The van der Waals surface area contributed by atoms with Crippen molar-refractivity contribution in [3.05, 3.63) is 59.7 Å². The summed E-state index contributed by atoms with van der Waals surface area (Å²) in [7, 11) is 4.41. The van der Waals surface area contributed by atoms with Gasteiger partial charge in [-0.1, -0.05) is 24.3 Å². The van der Waals surface area contributed by atoms with E-state index in [1.165, 1.54) is 20.0 Å². The average Bonchev–Trinajstić information content (AvgIpc) is 3.53. The van der Waals surface area contributed by atoms with Crippen LogP contribution in [0.15, 0.2) is 48.5 Å². The van der Waals surface area contributed by atoms with Crippen molar-refractivity contribution in [1.82, 2.24) is 0 Å². The van der Waals surface area contributed by atoms with E-state index < -0.39 is 53.7 Å². The highest BCUT2D eigenvalue weighted by atomic mass is 16.6. The fourth-order valence-electron chi connectivity index (χ4n) is 13.0. The SMILES string of the molecule is COC(=O)C1C(=O)OC(c2ccc(OC)cc2)C1C(CC(C(=O)OC1C2CC3CC(C2)CC1C3)C(=O)OC1C2CC3CC(C2)CC1C3)c1ccc(OC)cc1. The Kier molecular flexibility index (Phi) is 9.82. The molecule has 4 unspecified atom stereocenters. The third-order valence-corrected chi connectivity index (χ3v) is 15.0. The van der Waals surface area contributed by atoms with Gasteiger partial charge in [-0.05, 0) is 159 Å². The lowest BCUT2D eigenvalue weighted by molar-refractivity contribution is -0.189. The van der Waals surface area contributed by atoms with Gasteiger partial charge < -0.3 is 28.4 Å². The molecular weight excluding hydrogens is 700 g/mol. The van der Waals surface area contributed by atoms with E-state index in [2.05, 4.69) is 0 Å². The predicted molar refractivity (Wildman–Crippen MR) is 199 cm³/mol. The van der Waals surface area contributed by atoms with E-state index in [1.807, 2.05) is 36.4 Å². The highest BCUT2D eigenvalue weighted by Crippen LogP contribution is 2.57. The van der Waals surface area contributed by atoms with Gasteiger partial charge in [0.2, 0.25) is 0 Å². The zero-order chi connectivity index (χ0) is 38.0. The van der Waals surface area contributed by atoms with Crippen molar-refractivity contribution in [3.8, 4) is 11.5 Å². The molecule has 8 bridgehead atoms. The van der Waals surface area contributed by atoms with E-state index in [9.17, 15) is 19.2 Å². The summed E-state index contributed by atoms with van der Waals surface area (Å²) in [5, 5.41) is 0. The van der Waals surface area contributed by atoms with Crippen molar-refractivity contribution in [2.75, 3.05) is 21.3 Å². The van der Waals surface area contributed by atoms with Crippen LogP contribution in [-0.4, -0.2) is 57.4 Å². The van der Waals surface area contributed by atoms with E-state index in [4.69, 9.17) is 28.4 Å². The molecule has 1 saturated heterocycles. The first-order valence-electron chi connectivity index (χ1n) is 20.7. The second kappa shape index (κ2) is 14.8. The molecule has 0 amide bonds. The molecule has 0 aromatic heterocycles. The lowest BCUT2D eigenvalue weighted by atomic mass is 9.55. The molecule has 10 nitrogen and oxygen atoms in total. The number of cyclic esters (lactones) is 1. The molecule has 11 rings (SSSR count). The maximum absolute atomic E-state index is 14.8. The minimum Gasteiger partial charge on any atom is -0.497 e. The van der Waals surface area contributed by atoms with E-state index in [-0.39, 0.29) is 18.6 Å². The summed E-state index contributed by atoms with van der Waals surface area (Å²) in [4.78, 5) is 56.9. The predicted octanol–water partition coefficient (Wildman–Crippen LogP) is 7.23. The van der Waals surface area contributed by atoms with Gasteiger partial charge in [0, 0.05) is 5.92 Å². The Morgan fingerprint density at radius 1 is 0.636 bits per heavy atom. The first-order chi connectivity index (χ1) is 26.7. The van der Waals surface area contributed by atoms with Crippen LogP contribution in [0.1, 0.15) is 93.8 Å². The molecule has 0 N–H and O–H groups in total. The van der Waals surface area contributed by atoms with Gasteiger partial charge >= 0.3 is 23.9 Å². The third kappa shape index (κ3) is 6.79. The highest BCUT2D eigenvalue weighted by molar-refractivity contribution is 5.97. The van der Waals surface area contributed by atoms with Crippen molar-refractivity contribution in [3.63, 3.8) is 0 Å². The summed E-state index contributed by atoms with van der Waals surface area (Å²) in [6, 6.07) is 14.5. The van der Waals surface area contributed by atoms with Crippen LogP contribution < -0.4 is 9.47 Å². The van der Waals surface area contributed by atoms with Gasteiger partial charge in [-0.2, -0.15) is 0 Å². The number of esters is 4. The molecule has 0 radical (unpaired) electrons. The van der Waals surface area contributed by atoms with E-state index in [0.29, 0.717) is 64.4 Å². The van der Waals surface area contributed by atoms with Crippen LogP contribution >= 0.6 is 0 Å². The standard InChI is InChI=1S/C45H54O10/c1-50-33-8-4-27(5-9-33)35(37-38(44(48)52-3)45(49)55-41(37)28-6-10-34(51-2)11-7-28)22-36(42(46)53-39-29-14-23-12-24(16-29)17-30(39)15-23)43(47)54-40-31-18-25-13-26(20-31)21-32(40)19-25/h4-11,23-26,29-32,35-41H,12-22H2,1-3H3. The Labute approximate surface area is 323 Å². The van der Waals surface area contributed by atoms with Crippen LogP contribution in [0.4, 0.5) is 0 Å². The van der Waals surface area contributed by atoms with Gasteiger partial charge in [-0.3, -0.25) is 19.2 Å². The number of hydrogen-bond acceptors (Lipinski definition) is 10. The zero-order valence-corrected chi connectivity index (χ0v) is 32.1. The highest BCUT2D eigenvalue weighted by Gasteiger charge is 2.57. The van der Waals surface area contributed by atoms with Crippen molar-refractivity contribution < 1.29 is 47.6 Å². The second-order valence-electron chi connectivity index (χ2n) is 18.0. The van der Waals surface area contributed by atoms with Crippen LogP contribution in [0.3, 0.4) is 0 Å². The smallest absolute Gasteiger partial charge is 0.321 e. The molecule has 9 aliphatic rings. The maximum atomic E-state index is 14.8. The monoisotopic (exact) mass is 754 g/mol. The summed E-state index contributed by atoms with van der Waals surface area (Å²) in [6.07, 6.45) is 9.70. The Morgan fingerprint density at radius 3 is 1.49 bits per heavy atom. The first-order valence-corrected chi connectivity index (χ1v) is 20.7. The number of methoxy groups -OCH3 is 3. The van der Waals surface area contributed by atoms with Crippen LogP contribution in [0.25, 0.3) is 0 Å². The van der Waals surface area contributed by atoms with Crippen molar-refractivity contribution >= 4 is 23.9 Å². The zero-order valence-electron chi connectivity index (χ0n) is 32.1. The molecule has 294 valence electrons. The molecule has 2 aromatic rings. The molecule has 8 saturated carbocycles. The Bertz CT molecular complexity index is 1660. The lowest BCUT2D eigenvalue weighted by Crippen LogP contribution is -2.52. The molecule has 10 heteroatoms. The van der Waals surface area contributed by atoms with Crippen molar-refractivity contribution in [2.24, 2.45) is 65.1 Å². The lowest BCUT2D eigenvalue weighted by Gasteiger charge is -2.54. The van der Waals surface area contributed by atoms with E-state index in [0.717, 1.165) is 56.9 Å². The average molecular weight is 755 g/mol. The normalized spacial score (nSPS) is 37.5. The summed E-state index contributed by atoms with van der Waals surface area (Å²) in [5.74, 6) is -1.41. The molecule has 1 aliphatic heterocycles. The minimum atomic E-state index is -1.30. The van der Waals surface area contributed by atoms with Gasteiger partial charge in [0.1, 0.15) is 29.8 Å². The quantitative estimate of drug-likeness (QED) is 0.125. The van der Waals surface area contributed by atoms with E-state index in [1.54, 1.807) is 26.4 Å². The van der Waals surface area contributed by atoms with Gasteiger partial charge in [0.25, 0.3) is 0 Å². The molecule has 55 heavy (non-hydrogen) atoms. The van der Waals surface area contributed by atoms with Crippen LogP contribution in [0, 0.1) is 65.1 Å². The van der Waals surface area contributed by atoms with Gasteiger partial charge in [0.05, 0.1) is 21.3 Å².